The van der Waals surface area contributed by atoms with E-state index in [-0.39, 0.29) is 81.7 Å². The van der Waals surface area contributed by atoms with Crippen LogP contribution in [-0.4, -0.2) is 30.9 Å². The fourth-order valence-corrected chi connectivity index (χ4v) is 12.8. The molecule has 0 bridgehead atoms. The van der Waals surface area contributed by atoms with Crippen molar-refractivity contribution in [1.29, 1.82) is 0 Å². The lowest BCUT2D eigenvalue weighted by Crippen LogP contribution is -2.66. The number of ketones is 1. The van der Waals surface area contributed by atoms with Crippen molar-refractivity contribution in [3.63, 3.8) is 0 Å². The number of rotatable bonds is 9. The number of hydrogen-bond acceptors (Lipinski definition) is 6. The lowest BCUT2D eigenvalue weighted by atomic mass is 9.33. The first-order valence-corrected chi connectivity index (χ1v) is 20.3. The Labute approximate surface area is 317 Å². The Morgan fingerprint density at radius 3 is 2.04 bits per heavy atom. The molecule has 4 fully saturated rings. The summed E-state index contributed by atoms with van der Waals surface area (Å²) in [6.45, 7) is 17.6. The van der Waals surface area contributed by atoms with Gasteiger partial charge in [0.2, 0.25) is 0 Å². The van der Waals surface area contributed by atoms with E-state index in [0.29, 0.717) is 13.2 Å². The lowest BCUT2D eigenvalue weighted by Gasteiger charge is -2.70. The molecule has 0 aromatic heterocycles. The first-order chi connectivity index (χ1) is 25.1. The highest BCUT2D eigenvalue weighted by atomic mass is 16.6. The van der Waals surface area contributed by atoms with E-state index in [4.69, 9.17) is 14.2 Å². The number of fused-ring (bicyclic) bond motifs is 7. The van der Waals surface area contributed by atoms with Crippen LogP contribution in [0.15, 0.2) is 72.3 Å². The highest BCUT2D eigenvalue weighted by Gasteiger charge is 2.70. The van der Waals surface area contributed by atoms with E-state index in [9.17, 15) is 14.4 Å². The van der Waals surface area contributed by atoms with Crippen molar-refractivity contribution >= 4 is 17.7 Å². The molecule has 2 aromatic carbocycles. The summed E-state index contributed by atoms with van der Waals surface area (Å²) in [6, 6.07) is 19.9. The van der Waals surface area contributed by atoms with E-state index in [2.05, 4.69) is 54.5 Å². The quantitative estimate of drug-likeness (QED) is 0.189. The van der Waals surface area contributed by atoms with Gasteiger partial charge in [-0.2, -0.15) is 0 Å². The van der Waals surface area contributed by atoms with Crippen LogP contribution in [0.4, 0.5) is 0 Å². The molecule has 7 rings (SSSR count). The van der Waals surface area contributed by atoms with Crippen molar-refractivity contribution in [3.05, 3.63) is 83.4 Å². The summed E-state index contributed by atoms with van der Waals surface area (Å²) in [5.74, 6) is 0.0803. The van der Waals surface area contributed by atoms with Gasteiger partial charge in [0.1, 0.15) is 13.2 Å². The molecule has 53 heavy (non-hydrogen) atoms. The van der Waals surface area contributed by atoms with Crippen molar-refractivity contribution in [2.24, 2.45) is 56.2 Å². The molecule has 9 atom stereocenters. The van der Waals surface area contributed by atoms with E-state index in [1.54, 1.807) is 0 Å². The summed E-state index contributed by atoms with van der Waals surface area (Å²) >= 11 is 0. The second kappa shape index (κ2) is 13.8. The number of carbonyl (C=O) groups excluding carboxylic acids is 3. The minimum absolute atomic E-state index is 0.0577. The first-order valence-electron chi connectivity index (χ1n) is 20.3. The van der Waals surface area contributed by atoms with E-state index >= 15 is 0 Å². The van der Waals surface area contributed by atoms with Gasteiger partial charge < -0.3 is 14.2 Å². The van der Waals surface area contributed by atoms with Crippen molar-refractivity contribution in [2.45, 2.75) is 119 Å². The summed E-state index contributed by atoms with van der Waals surface area (Å²) in [6.07, 6.45) is 10.2. The van der Waals surface area contributed by atoms with Crippen LogP contribution >= 0.6 is 0 Å². The molecule has 5 aliphatic rings. The van der Waals surface area contributed by atoms with Gasteiger partial charge in [-0.15, -0.1) is 0 Å². The molecule has 0 unspecified atom stereocenters. The van der Waals surface area contributed by atoms with E-state index in [1.165, 1.54) is 5.57 Å². The van der Waals surface area contributed by atoms with Gasteiger partial charge >= 0.3 is 11.9 Å². The minimum Gasteiger partial charge on any atom is -0.463 e. The molecule has 0 amide bonds. The van der Waals surface area contributed by atoms with Crippen LogP contribution in [0.2, 0.25) is 0 Å². The van der Waals surface area contributed by atoms with Crippen molar-refractivity contribution in [3.8, 4) is 0 Å². The Balaban J connectivity index is 1.08. The molecule has 0 saturated heterocycles. The summed E-state index contributed by atoms with van der Waals surface area (Å²) in [4.78, 5) is 42.3. The van der Waals surface area contributed by atoms with Crippen LogP contribution in [0.3, 0.4) is 0 Å². The molecule has 6 nitrogen and oxygen atoms in total. The molecule has 0 radical (unpaired) electrons. The number of ether oxygens (including phenoxy) is 3. The largest absolute Gasteiger partial charge is 0.463 e. The fourth-order valence-electron chi connectivity index (χ4n) is 12.8. The number of allylic oxidation sites excluding steroid dienone is 2. The first kappa shape index (κ1) is 38.0. The number of hydrogen-bond donors (Lipinski definition) is 0. The Bertz CT molecular complexity index is 1730. The molecule has 5 aliphatic carbocycles. The van der Waals surface area contributed by atoms with Gasteiger partial charge in [-0.05, 0) is 121 Å². The molecule has 286 valence electrons. The summed E-state index contributed by atoms with van der Waals surface area (Å²) < 4.78 is 17.6. The summed E-state index contributed by atoms with van der Waals surface area (Å²) in [5.41, 5.74) is 1.98. The van der Waals surface area contributed by atoms with Crippen LogP contribution in [-0.2, 0) is 41.8 Å². The predicted molar refractivity (Wildman–Crippen MR) is 206 cm³/mol. The van der Waals surface area contributed by atoms with Crippen LogP contribution in [0, 0.1) is 56.2 Å². The monoisotopic (exact) mass is 722 g/mol. The molecular weight excluding hydrogens is 661 g/mol. The molecule has 2 aromatic rings. The minimum atomic E-state index is -0.590. The average Bonchev–Trinajstić information content (AvgIpc) is 3.12. The topological polar surface area (TPSA) is 78.9 Å². The molecule has 0 spiro atoms. The van der Waals surface area contributed by atoms with Crippen LogP contribution < -0.4 is 0 Å². The highest BCUT2D eigenvalue weighted by Crippen LogP contribution is 2.75. The SMILES string of the molecule is CC1(C)[C@@H](C(=O)OCCOCc2ccccc2)CC[C@]2(C)[C@H]3C(=O)C=C4[C@@H]5C[C@@](C)(C(=O)OCc6ccccc6)CC[C@]5(C)CC[C@@]4(C)[C@]3(C)CC[C@@H]12. The van der Waals surface area contributed by atoms with Crippen LogP contribution in [0.25, 0.3) is 0 Å². The van der Waals surface area contributed by atoms with Gasteiger partial charge in [-0.3, -0.25) is 14.4 Å². The van der Waals surface area contributed by atoms with E-state index in [1.807, 2.05) is 60.7 Å². The molecule has 0 aliphatic heterocycles. The zero-order chi connectivity index (χ0) is 37.9. The summed E-state index contributed by atoms with van der Waals surface area (Å²) in [5, 5.41) is 0. The normalized spacial score (nSPS) is 38.6. The molecule has 4 saturated carbocycles. The van der Waals surface area contributed by atoms with E-state index in [0.717, 1.165) is 68.9 Å². The Kier molecular flexibility index (Phi) is 9.90. The van der Waals surface area contributed by atoms with Crippen molar-refractivity contribution < 1.29 is 28.6 Å². The highest BCUT2D eigenvalue weighted by molar-refractivity contribution is 5.96. The van der Waals surface area contributed by atoms with Gasteiger partial charge in [-0.1, -0.05) is 108 Å². The maximum atomic E-state index is 14.9. The summed E-state index contributed by atoms with van der Waals surface area (Å²) in [7, 11) is 0. The number of benzene rings is 2. The van der Waals surface area contributed by atoms with Crippen molar-refractivity contribution in [2.75, 3.05) is 13.2 Å². The maximum absolute atomic E-state index is 14.9. The Hall–Kier alpha value is -3.25. The van der Waals surface area contributed by atoms with Gasteiger partial charge in [0, 0.05) is 5.92 Å². The zero-order valence-electron chi connectivity index (χ0n) is 33.3. The zero-order valence-corrected chi connectivity index (χ0v) is 33.3. The molecular formula is C47H62O6. The standard InChI is InChI=1S/C47H62O6/c1-42(2)34(40(49)52-27-26-51-30-32-14-10-8-11-15-32)18-20-45(5)38(42)19-21-47(7)39(45)37(48)28-35-36-29-44(4,23-22-43(36,3)24-25-46(35,47)6)41(50)53-31-33-16-12-9-13-17-33/h8-17,28,34,36,38-39H,18-27,29-31H2,1-7H3/t34-,36+,38+,39-,43-,44+,45+,46-,47-/m1/s1. The third kappa shape index (κ3) is 6.33. The van der Waals surface area contributed by atoms with Gasteiger partial charge in [0.25, 0.3) is 0 Å². The number of esters is 2. The van der Waals surface area contributed by atoms with Crippen molar-refractivity contribution in [1.82, 2.24) is 0 Å². The predicted octanol–water partition coefficient (Wildman–Crippen LogP) is 10.1. The van der Waals surface area contributed by atoms with Crippen LogP contribution in [0.5, 0.6) is 0 Å². The molecule has 6 heteroatoms. The van der Waals surface area contributed by atoms with E-state index < -0.39 is 5.41 Å². The fraction of sp³-hybridized carbons (Fsp3) is 0.638. The third-order valence-corrected chi connectivity index (χ3v) is 16.2. The lowest BCUT2D eigenvalue weighted by molar-refractivity contribution is -0.200. The second-order valence-corrected chi connectivity index (χ2v) is 19.4. The third-order valence-electron chi connectivity index (χ3n) is 16.2. The molecule has 0 heterocycles. The van der Waals surface area contributed by atoms with Gasteiger partial charge in [-0.25, -0.2) is 0 Å². The average molecular weight is 723 g/mol. The Morgan fingerprint density at radius 2 is 1.36 bits per heavy atom. The maximum Gasteiger partial charge on any atom is 0.312 e. The Morgan fingerprint density at radius 1 is 0.717 bits per heavy atom. The van der Waals surface area contributed by atoms with Gasteiger partial charge in [0.15, 0.2) is 5.78 Å². The number of carbonyl (C=O) groups is 3. The van der Waals surface area contributed by atoms with Crippen LogP contribution in [0.1, 0.15) is 117 Å². The molecule has 0 N–H and O–H groups in total. The smallest absolute Gasteiger partial charge is 0.312 e. The second-order valence-electron chi connectivity index (χ2n) is 19.4. The van der Waals surface area contributed by atoms with Gasteiger partial charge in [0.05, 0.1) is 24.5 Å².